The van der Waals surface area contributed by atoms with E-state index in [0.29, 0.717) is 89.1 Å². The van der Waals surface area contributed by atoms with Crippen molar-refractivity contribution in [1.82, 2.24) is 30.9 Å². The van der Waals surface area contributed by atoms with Gasteiger partial charge in [-0.15, -0.1) is 5.10 Å². The van der Waals surface area contributed by atoms with Crippen LogP contribution in [0.2, 0.25) is 0 Å². The van der Waals surface area contributed by atoms with E-state index in [4.69, 9.17) is 24.4 Å². The van der Waals surface area contributed by atoms with Crippen LogP contribution in [0.25, 0.3) is 0 Å². The number of ketones is 1. The summed E-state index contributed by atoms with van der Waals surface area (Å²) in [6.45, 7) is 23.0. The van der Waals surface area contributed by atoms with E-state index in [-0.39, 0.29) is 63.2 Å². The minimum Gasteiger partial charge on any atom is -0.481 e. The van der Waals surface area contributed by atoms with Crippen LogP contribution in [-0.2, 0) is 67.2 Å². The van der Waals surface area contributed by atoms with Crippen molar-refractivity contribution in [3.8, 4) is 0 Å². The minimum absolute atomic E-state index is 0.0971. The van der Waals surface area contributed by atoms with Gasteiger partial charge in [-0.2, -0.15) is 0 Å². The molecule has 2 unspecified atom stereocenters. The molecule has 2 aliphatic carbocycles. The van der Waals surface area contributed by atoms with Crippen molar-refractivity contribution in [2.75, 3.05) is 53.7 Å². The fourth-order valence-electron chi connectivity index (χ4n) is 13.5. The first-order valence-corrected chi connectivity index (χ1v) is 41.4. The van der Waals surface area contributed by atoms with Gasteiger partial charge in [0, 0.05) is 52.9 Å². The van der Waals surface area contributed by atoms with Crippen molar-refractivity contribution >= 4 is 47.6 Å². The van der Waals surface area contributed by atoms with Crippen LogP contribution in [0.15, 0.2) is 0 Å². The lowest BCUT2D eigenvalue weighted by atomic mass is 9.73. The number of Topliss-reactive ketones (excluding diaryl/α,β-unsaturated/α-hetero) is 1. The quantitative estimate of drug-likeness (QED) is 0.0235. The number of hydrogen-bond acceptors (Lipinski definition) is 13. The molecule has 21 heteroatoms. The van der Waals surface area contributed by atoms with E-state index >= 15 is 0 Å². The van der Waals surface area contributed by atoms with Gasteiger partial charge in [0.25, 0.3) is 0 Å². The maximum atomic E-state index is 13.6. The molecule has 2 aliphatic rings. The summed E-state index contributed by atoms with van der Waals surface area (Å²) in [5, 5.41) is 55.1. The number of hydrogen-bond donors (Lipinski definition) is 7. The number of aryl methyl sites for hydroxylation is 1. The molecule has 1 aromatic heterocycles. The highest BCUT2D eigenvalue weighted by atomic mass is 16.5. The molecule has 3 amide bonds. The molecule has 1 saturated carbocycles. The number of carboxylic acid groups (broad SMARTS) is 4. The molecule has 0 aliphatic heterocycles. The zero-order chi connectivity index (χ0) is 76.9. The fraction of sp³-hybridized carbons (Fsp3) is 0.877. The minimum atomic E-state index is -1.44. The summed E-state index contributed by atoms with van der Waals surface area (Å²) in [6.07, 6.45) is 41.2. The molecule has 1 fully saturated rings. The SMILES string of the molecule is CC.CC.CC.CC.CCCCCCCCCCCC(CCCCCCCCCCC(=O)O)(C(=O)O)C(=O)CCCOCCC(=O)NC.CCCCCCCCCCCC(CCCCCCCCCCC(=O)O)(C(=O)O)C(=O)NCCOCCn1nnc2c1CC[C@H]1[C@@H](CC2)[C@H]1COC(=O)NC. The molecule has 7 N–H and O–H groups in total. The van der Waals surface area contributed by atoms with Gasteiger partial charge >= 0.3 is 30.0 Å². The van der Waals surface area contributed by atoms with Crippen LogP contribution >= 0.6 is 0 Å². The monoisotopic (exact) mass is 1450 g/mol. The van der Waals surface area contributed by atoms with Gasteiger partial charge in [-0.05, 0) is 88.4 Å². The Morgan fingerprint density at radius 2 is 0.843 bits per heavy atom. The van der Waals surface area contributed by atoms with E-state index in [9.17, 15) is 48.6 Å². The molecular weight excluding hydrogens is 1300 g/mol. The van der Waals surface area contributed by atoms with Gasteiger partial charge in [-0.1, -0.05) is 280 Å². The Labute approximate surface area is 620 Å². The van der Waals surface area contributed by atoms with E-state index < -0.39 is 40.6 Å². The van der Waals surface area contributed by atoms with Gasteiger partial charge in [-0.3, -0.25) is 33.6 Å². The predicted molar refractivity (Wildman–Crippen MR) is 412 cm³/mol. The van der Waals surface area contributed by atoms with Gasteiger partial charge in [0.1, 0.15) is 16.6 Å². The molecule has 0 spiro atoms. The number of ether oxygens (including phenoxy) is 3. The van der Waals surface area contributed by atoms with E-state index in [0.717, 1.165) is 172 Å². The van der Waals surface area contributed by atoms with Crippen molar-refractivity contribution in [3.05, 3.63) is 11.4 Å². The number of carbonyl (C=O) groups is 8. The van der Waals surface area contributed by atoms with Gasteiger partial charge in [0.2, 0.25) is 11.8 Å². The van der Waals surface area contributed by atoms with Gasteiger partial charge in [-0.25, -0.2) is 9.48 Å². The van der Waals surface area contributed by atoms with Crippen molar-refractivity contribution in [1.29, 1.82) is 0 Å². The van der Waals surface area contributed by atoms with Crippen LogP contribution in [0.3, 0.4) is 0 Å². The summed E-state index contributed by atoms with van der Waals surface area (Å²) < 4.78 is 18.6. The first-order chi connectivity index (χ1) is 49.5. The molecule has 0 aromatic carbocycles. The van der Waals surface area contributed by atoms with Crippen LogP contribution in [0, 0.1) is 28.6 Å². The summed E-state index contributed by atoms with van der Waals surface area (Å²) in [4.78, 5) is 96.4. The third kappa shape index (κ3) is 48.8. The second kappa shape index (κ2) is 70.1. The molecule has 0 radical (unpaired) electrons. The summed E-state index contributed by atoms with van der Waals surface area (Å²) >= 11 is 0. The number of amides is 3. The highest BCUT2D eigenvalue weighted by molar-refractivity contribution is 6.03. The average molecular weight is 1450 g/mol. The molecular formula is C81H154N6O15. The maximum absolute atomic E-state index is 13.6. The number of aromatic nitrogens is 3. The second-order valence-corrected chi connectivity index (χ2v) is 26.9. The summed E-state index contributed by atoms with van der Waals surface area (Å²) in [5.74, 6) is -2.68. The van der Waals surface area contributed by atoms with Gasteiger partial charge in [0.15, 0.2) is 0 Å². The Morgan fingerprint density at radius 1 is 0.451 bits per heavy atom. The summed E-state index contributed by atoms with van der Waals surface area (Å²) in [7, 11) is 3.14. The predicted octanol–water partition coefficient (Wildman–Crippen LogP) is 19.1. The number of aliphatic carboxylic acids is 4. The fourth-order valence-corrected chi connectivity index (χ4v) is 13.5. The van der Waals surface area contributed by atoms with Crippen molar-refractivity contribution in [2.24, 2.45) is 28.6 Å². The van der Waals surface area contributed by atoms with Crippen molar-refractivity contribution in [2.45, 2.75) is 378 Å². The summed E-state index contributed by atoms with van der Waals surface area (Å²) in [5.41, 5.74) is -0.589. The largest absolute Gasteiger partial charge is 0.481 e. The van der Waals surface area contributed by atoms with Gasteiger partial charge in [0.05, 0.1) is 44.4 Å². The van der Waals surface area contributed by atoms with Crippen LogP contribution in [-0.4, -0.2) is 137 Å². The molecule has 0 saturated heterocycles. The van der Waals surface area contributed by atoms with E-state index in [1.54, 1.807) is 14.1 Å². The number of fused-ring (bicyclic) bond motifs is 2. The van der Waals surface area contributed by atoms with Crippen LogP contribution in [0.5, 0.6) is 0 Å². The molecule has 5 atom stereocenters. The standard InChI is InChI=1S/C41H71N5O8.C32H59NO7.4C2H6/c1-3-4-5-6-7-9-12-15-18-25-41(39(50)51,26-19-16-13-10-8-11-14-17-20-37(47)48)38(49)43-27-29-53-30-28-46-36-24-22-33-32(21-23-35(36)44-45-46)34(33)31-54-40(52)42-2;1-3-4-5-6-7-9-12-15-18-24-32(31(38)39,28(34)21-20-26-40-27-23-29(35)33-2)25-19-16-13-10-8-11-14-17-22-30(36)37;4*1-2/h32-34H,3-31H2,1-2H3,(H,42,52)(H,43,49)(H,47,48)(H,50,51);3-27H2,1-2H3,(H,33,35)(H,36,37)(H,38,39);4*1-2H3/t32-,33+,34-,41?;;;;;/m1...../s1. The number of alkyl carbamates (subject to hydrolysis) is 1. The molecule has 102 heavy (non-hydrogen) atoms. The number of nitrogens with zero attached hydrogens (tertiary/aromatic N) is 3. The Kier molecular flexibility index (Phi) is 69.5. The third-order valence-corrected chi connectivity index (χ3v) is 19.6. The number of rotatable bonds is 61. The number of carbonyl (C=O) groups excluding carboxylic acids is 4. The van der Waals surface area contributed by atoms with E-state index in [2.05, 4.69) is 40.1 Å². The molecule has 21 nitrogen and oxygen atoms in total. The molecule has 1 heterocycles. The number of carboxylic acids is 4. The van der Waals surface area contributed by atoms with Crippen LogP contribution < -0.4 is 16.0 Å². The Morgan fingerprint density at radius 3 is 1.25 bits per heavy atom. The molecule has 3 rings (SSSR count). The van der Waals surface area contributed by atoms with E-state index in [1.807, 2.05) is 60.1 Å². The van der Waals surface area contributed by atoms with Crippen molar-refractivity contribution < 1.29 is 73.0 Å². The lowest BCUT2D eigenvalue weighted by Gasteiger charge is -2.28. The number of nitrogens with one attached hydrogen (secondary N) is 3. The normalized spacial score (nSPS) is 15.1. The Balaban J connectivity index is -0.00000182. The topological polar surface area (TPSA) is 312 Å². The lowest BCUT2D eigenvalue weighted by molar-refractivity contribution is -0.158. The van der Waals surface area contributed by atoms with Crippen LogP contribution in [0.4, 0.5) is 4.79 Å². The second-order valence-electron chi connectivity index (χ2n) is 26.9. The zero-order valence-electron chi connectivity index (χ0n) is 67.0. The zero-order valence-corrected chi connectivity index (χ0v) is 67.0. The highest BCUT2D eigenvalue weighted by Crippen LogP contribution is 2.53. The third-order valence-electron chi connectivity index (χ3n) is 19.6. The summed E-state index contributed by atoms with van der Waals surface area (Å²) in [6, 6.07) is 0. The highest BCUT2D eigenvalue weighted by Gasteiger charge is 2.50. The maximum Gasteiger partial charge on any atom is 0.406 e. The lowest BCUT2D eigenvalue weighted by Crippen LogP contribution is -2.47. The Bertz CT molecular complexity index is 2230. The van der Waals surface area contributed by atoms with Crippen molar-refractivity contribution in [3.63, 3.8) is 0 Å². The van der Waals surface area contributed by atoms with Gasteiger partial charge < -0.3 is 50.6 Å². The first kappa shape index (κ1) is 101. The first-order valence-electron chi connectivity index (χ1n) is 41.4. The smallest absolute Gasteiger partial charge is 0.406 e. The molecule has 0 bridgehead atoms. The molecule has 598 valence electrons. The number of unbranched alkanes of at least 4 members (excludes halogenated alkanes) is 30. The van der Waals surface area contributed by atoms with Crippen LogP contribution in [0.1, 0.15) is 370 Å². The van der Waals surface area contributed by atoms with E-state index in [1.165, 1.54) is 70.6 Å². The average Bonchev–Trinajstić information content (AvgIpc) is 1.61. The molecule has 1 aromatic rings. The Hall–Kier alpha value is -5.18.